The Balaban J connectivity index is 1.26. The summed E-state index contributed by atoms with van der Waals surface area (Å²) in [6, 6.07) is 77.2. The highest BCUT2D eigenvalue weighted by molar-refractivity contribution is 7.26. The Labute approximate surface area is 319 Å². The molecule has 0 aliphatic carbocycles. The van der Waals surface area contributed by atoms with Crippen LogP contribution in [0.25, 0.3) is 75.5 Å². The van der Waals surface area contributed by atoms with Gasteiger partial charge in [-0.2, -0.15) is 0 Å². The van der Waals surface area contributed by atoms with E-state index < -0.39 is 0 Å². The minimum atomic E-state index is 1.10. The van der Waals surface area contributed by atoms with Crippen LogP contribution in [0.4, 0.5) is 17.1 Å². The van der Waals surface area contributed by atoms with Gasteiger partial charge in [-0.25, -0.2) is 0 Å². The first-order chi connectivity index (χ1) is 26.8. The molecule has 10 rings (SSSR count). The fraction of sp³-hybridized carbons (Fsp3) is 0. The SMILES string of the molecule is c1ccc(-c2ccccc2-c2c(-c3ccccc3)cccc2N(c2ccc(-c3cccc4ccccc34)cc2)c2cccc3c2sc2ccccc23)cc1. The first-order valence-electron chi connectivity index (χ1n) is 18.4. The Morgan fingerprint density at radius 2 is 0.833 bits per heavy atom. The number of hydrogen-bond donors (Lipinski definition) is 0. The van der Waals surface area contributed by atoms with Gasteiger partial charge in [-0.1, -0.05) is 182 Å². The van der Waals surface area contributed by atoms with E-state index in [2.05, 4.69) is 217 Å². The average Bonchev–Trinajstić information content (AvgIpc) is 3.64. The highest BCUT2D eigenvalue weighted by Crippen LogP contribution is 2.51. The molecule has 254 valence electrons. The Kier molecular flexibility index (Phi) is 8.09. The third-order valence-corrected chi connectivity index (χ3v) is 11.7. The molecule has 0 radical (unpaired) electrons. The summed E-state index contributed by atoms with van der Waals surface area (Å²) in [4.78, 5) is 2.49. The van der Waals surface area contributed by atoms with Crippen molar-refractivity contribution < 1.29 is 0 Å². The molecule has 0 aliphatic rings. The Morgan fingerprint density at radius 3 is 1.63 bits per heavy atom. The molecule has 0 unspecified atom stereocenters. The fourth-order valence-corrected chi connectivity index (χ4v) is 9.23. The summed E-state index contributed by atoms with van der Waals surface area (Å²) in [5.74, 6) is 0. The molecule has 54 heavy (non-hydrogen) atoms. The van der Waals surface area contributed by atoms with Gasteiger partial charge in [0.2, 0.25) is 0 Å². The molecule has 0 bridgehead atoms. The summed E-state index contributed by atoms with van der Waals surface area (Å²) >= 11 is 1.87. The number of fused-ring (bicyclic) bond motifs is 4. The normalized spacial score (nSPS) is 11.3. The van der Waals surface area contributed by atoms with Crippen molar-refractivity contribution in [3.63, 3.8) is 0 Å². The van der Waals surface area contributed by atoms with Gasteiger partial charge in [0.1, 0.15) is 0 Å². The van der Waals surface area contributed by atoms with E-state index >= 15 is 0 Å². The summed E-state index contributed by atoms with van der Waals surface area (Å²) < 4.78 is 2.56. The minimum Gasteiger partial charge on any atom is -0.308 e. The van der Waals surface area contributed by atoms with Crippen molar-refractivity contribution in [2.45, 2.75) is 0 Å². The smallest absolute Gasteiger partial charge is 0.0640 e. The highest BCUT2D eigenvalue weighted by Gasteiger charge is 2.24. The molecule has 1 aromatic heterocycles. The van der Waals surface area contributed by atoms with Crippen molar-refractivity contribution in [3.8, 4) is 44.5 Å². The summed E-state index contributed by atoms with van der Waals surface area (Å²) in [5.41, 5.74) is 13.0. The van der Waals surface area contributed by atoms with Crippen molar-refractivity contribution in [1.29, 1.82) is 0 Å². The first kappa shape index (κ1) is 32.0. The molecular formula is C52H35NS. The van der Waals surface area contributed by atoms with Crippen molar-refractivity contribution in [2.24, 2.45) is 0 Å². The molecule has 0 atom stereocenters. The van der Waals surface area contributed by atoms with Gasteiger partial charge in [0.15, 0.2) is 0 Å². The Hall–Kier alpha value is -6.74. The summed E-state index contributed by atoms with van der Waals surface area (Å²) in [6.45, 7) is 0. The third-order valence-electron chi connectivity index (χ3n) is 10.5. The molecule has 0 spiro atoms. The van der Waals surface area contributed by atoms with Crippen LogP contribution in [0, 0.1) is 0 Å². The lowest BCUT2D eigenvalue weighted by atomic mass is 9.87. The molecule has 0 saturated heterocycles. The summed E-state index contributed by atoms with van der Waals surface area (Å²) in [5, 5.41) is 5.07. The molecule has 0 N–H and O–H groups in total. The van der Waals surface area contributed by atoms with E-state index in [1.165, 1.54) is 75.5 Å². The summed E-state index contributed by atoms with van der Waals surface area (Å²) in [6.07, 6.45) is 0. The van der Waals surface area contributed by atoms with Gasteiger partial charge >= 0.3 is 0 Å². The standard InChI is InChI=1S/C52H35NS/c1-3-16-36(17-4-1)43-23-9-10-25-46(43)51-44(38-18-5-2-6-19-38)27-14-29-48(51)53(49-30-15-28-47-45-24-11-12-31-50(45)54-52(47)49)40-34-32-39(33-35-40)42-26-13-21-37-20-7-8-22-41(37)42/h1-35H. The van der Waals surface area contributed by atoms with Crippen LogP contribution < -0.4 is 4.90 Å². The number of hydrogen-bond acceptors (Lipinski definition) is 2. The van der Waals surface area contributed by atoms with E-state index in [9.17, 15) is 0 Å². The molecule has 9 aromatic carbocycles. The van der Waals surface area contributed by atoms with Crippen molar-refractivity contribution in [1.82, 2.24) is 0 Å². The van der Waals surface area contributed by atoms with Crippen LogP contribution in [0.3, 0.4) is 0 Å². The van der Waals surface area contributed by atoms with Crippen LogP contribution in [0.1, 0.15) is 0 Å². The van der Waals surface area contributed by atoms with E-state index in [1.54, 1.807) is 0 Å². The summed E-state index contributed by atoms with van der Waals surface area (Å²) in [7, 11) is 0. The van der Waals surface area contributed by atoms with Crippen LogP contribution in [0.5, 0.6) is 0 Å². The fourth-order valence-electron chi connectivity index (χ4n) is 8.02. The number of nitrogens with zero attached hydrogens (tertiary/aromatic N) is 1. The van der Waals surface area contributed by atoms with Gasteiger partial charge in [0.05, 0.1) is 16.1 Å². The zero-order chi connectivity index (χ0) is 35.8. The van der Waals surface area contributed by atoms with Crippen LogP contribution in [-0.2, 0) is 0 Å². The van der Waals surface area contributed by atoms with E-state index in [-0.39, 0.29) is 0 Å². The van der Waals surface area contributed by atoms with Gasteiger partial charge in [0, 0.05) is 26.7 Å². The highest BCUT2D eigenvalue weighted by atomic mass is 32.1. The Bertz CT molecular complexity index is 2920. The molecule has 0 amide bonds. The number of thiophene rings is 1. The number of benzene rings is 9. The largest absolute Gasteiger partial charge is 0.308 e. The maximum atomic E-state index is 2.49. The van der Waals surface area contributed by atoms with Gasteiger partial charge in [-0.3, -0.25) is 0 Å². The topological polar surface area (TPSA) is 3.24 Å². The molecule has 1 heterocycles. The number of rotatable bonds is 7. The lowest BCUT2D eigenvalue weighted by molar-refractivity contribution is 1.30. The minimum absolute atomic E-state index is 1.10. The zero-order valence-electron chi connectivity index (χ0n) is 29.6. The van der Waals surface area contributed by atoms with Crippen LogP contribution >= 0.6 is 11.3 Å². The zero-order valence-corrected chi connectivity index (χ0v) is 30.4. The maximum Gasteiger partial charge on any atom is 0.0640 e. The molecule has 10 aromatic rings. The first-order valence-corrected chi connectivity index (χ1v) is 19.3. The molecule has 2 heteroatoms. The third kappa shape index (κ3) is 5.56. The molecule has 0 fully saturated rings. The average molecular weight is 706 g/mol. The van der Waals surface area contributed by atoms with Gasteiger partial charge in [-0.05, 0) is 80.0 Å². The van der Waals surface area contributed by atoms with E-state index in [0.717, 1.165) is 17.1 Å². The van der Waals surface area contributed by atoms with Crippen molar-refractivity contribution in [3.05, 3.63) is 212 Å². The Morgan fingerprint density at radius 1 is 0.315 bits per heavy atom. The lowest BCUT2D eigenvalue weighted by Gasteiger charge is -2.30. The maximum absolute atomic E-state index is 2.49. The van der Waals surface area contributed by atoms with E-state index in [4.69, 9.17) is 0 Å². The number of anilines is 3. The quantitative estimate of drug-likeness (QED) is 0.160. The second kappa shape index (κ2) is 13.7. The van der Waals surface area contributed by atoms with Gasteiger partial charge < -0.3 is 4.90 Å². The monoisotopic (exact) mass is 705 g/mol. The van der Waals surface area contributed by atoms with Crippen molar-refractivity contribution in [2.75, 3.05) is 4.90 Å². The molecule has 0 saturated carbocycles. The molecular weight excluding hydrogens is 671 g/mol. The lowest BCUT2D eigenvalue weighted by Crippen LogP contribution is -2.12. The van der Waals surface area contributed by atoms with Crippen LogP contribution in [0.2, 0.25) is 0 Å². The van der Waals surface area contributed by atoms with Gasteiger partial charge in [0.25, 0.3) is 0 Å². The predicted octanol–water partition coefficient (Wildman–Crippen LogP) is 15.3. The predicted molar refractivity (Wildman–Crippen MR) is 233 cm³/mol. The van der Waals surface area contributed by atoms with Crippen LogP contribution in [0.15, 0.2) is 212 Å². The molecule has 1 nitrogen and oxygen atoms in total. The van der Waals surface area contributed by atoms with Crippen LogP contribution in [-0.4, -0.2) is 0 Å². The second-order valence-electron chi connectivity index (χ2n) is 13.6. The second-order valence-corrected chi connectivity index (χ2v) is 14.7. The van der Waals surface area contributed by atoms with E-state index in [0.29, 0.717) is 0 Å². The van der Waals surface area contributed by atoms with Gasteiger partial charge in [-0.15, -0.1) is 11.3 Å². The molecule has 0 aliphatic heterocycles. The van der Waals surface area contributed by atoms with Crippen molar-refractivity contribution >= 4 is 59.3 Å². The van der Waals surface area contributed by atoms with E-state index in [1.807, 2.05) is 11.3 Å².